The lowest BCUT2D eigenvalue weighted by atomic mass is 9.85. The van der Waals surface area contributed by atoms with Gasteiger partial charge in [-0.25, -0.2) is 0 Å². The molecule has 3 aromatic carbocycles. The minimum Gasteiger partial charge on any atom is -0.507 e. The average Bonchev–Trinajstić information content (AvgIpc) is 3.14. The number of hydrogen-bond donors (Lipinski definition) is 1. The minimum atomic E-state index is -0.833. The summed E-state index contributed by atoms with van der Waals surface area (Å²) in [5.41, 5.74) is 5.16. The van der Waals surface area contributed by atoms with Crippen molar-refractivity contribution in [2.24, 2.45) is 0 Å². The van der Waals surface area contributed by atoms with Gasteiger partial charge in [-0.1, -0.05) is 76.6 Å². The van der Waals surface area contributed by atoms with Gasteiger partial charge in [-0.2, -0.15) is 0 Å². The van der Waals surface area contributed by atoms with Crippen molar-refractivity contribution >= 4 is 34.7 Å². The Morgan fingerprint density at radius 1 is 1.03 bits per heavy atom. The molecule has 1 atom stereocenters. The molecule has 204 valence electrons. The summed E-state index contributed by atoms with van der Waals surface area (Å²) in [5.74, 6) is -0.824. The first-order valence-corrected chi connectivity index (χ1v) is 13.5. The average molecular weight is 546 g/mol. The number of hydrogen-bond acceptors (Lipinski definition) is 4. The summed E-state index contributed by atoms with van der Waals surface area (Å²) in [6.45, 7) is 14.1. The fourth-order valence-electron chi connectivity index (χ4n) is 5.15. The van der Waals surface area contributed by atoms with Gasteiger partial charge in [0.25, 0.3) is 11.7 Å². The van der Waals surface area contributed by atoms with Gasteiger partial charge in [0.15, 0.2) is 0 Å². The van der Waals surface area contributed by atoms with Gasteiger partial charge >= 0.3 is 0 Å². The molecular formula is C33H36ClNO4. The quantitative estimate of drug-likeness (QED) is 0.200. The molecular weight excluding hydrogens is 510 g/mol. The number of carbonyl (C=O) groups is 2. The maximum absolute atomic E-state index is 13.7. The molecule has 3 aromatic rings. The second-order valence-electron chi connectivity index (χ2n) is 11.5. The second kappa shape index (κ2) is 10.5. The molecule has 0 aliphatic carbocycles. The molecule has 1 aliphatic rings. The van der Waals surface area contributed by atoms with Crippen molar-refractivity contribution in [2.45, 2.75) is 65.8 Å². The second-order valence-corrected chi connectivity index (χ2v) is 11.9. The number of nitrogens with zero attached hydrogens (tertiary/aromatic N) is 1. The number of methoxy groups -OCH3 is 1. The van der Waals surface area contributed by atoms with Gasteiger partial charge in [0.2, 0.25) is 0 Å². The number of aliphatic hydroxyl groups is 1. The van der Waals surface area contributed by atoms with E-state index in [1.54, 1.807) is 25.3 Å². The van der Waals surface area contributed by atoms with E-state index in [0.29, 0.717) is 27.6 Å². The normalized spacial score (nSPS) is 17.3. The number of halogens is 1. The minimum absolute atomic E-state index is 0.0471. The monoisotopic (exact) mass is 545 g/mol. The molecule has 1 saturated heterocycles. The zero-order valence-electron chi connectivity index (χ0n) is 23.8. The predicted molar refractivity (Wildman–Crippen MR) is 158 cm³/mol. The predicted octanol–water partition coefficient (Wildman–Crippen LogP) is 8.01. The summed E-state index contributed by atoms with van der Waals surface area (Å²) < 4.78 is 5.57. The molecule has 0 radical (unpaired) electrons. The van der Waals surface area contributed by atoms with Crippen molar-refractivity contribution in [3.05, 3.63) is 98.6 Å². The Bertz CT molecular complexity index is 1480. The van der Waals surface area contributed by atoms with Gasteiger partial charge in [-0.15, -0.1) is 0 Å². The Morgan fingerprint density at radius 3 is 2.23 bits per heavy atom. The van der Waals surface area contributed by atoms with Crippen LogP contribution in [0.3, 0.4) is 0 Å². The molecule has 6 heteroatoms. The van der Waals surface area contributed by atoms with Gasteiger partial charge in [0.1, 0.15) is 11.5 Å². The number of ether oxygens (including phenoxy) is 1. The van der Waals surface area contributed by atoms with Gasteiger partial charge < -0.3 is 9.84 Å². The van der Waals surface area contributed by atoms with E-state index in [1.807, 2.05) is 64.1 Å². The van der Waals surface area contributed by atoms with Crippen LogP contribution in [0.5, 0.6) is 5.75 Å². The molecule has 1 amide bonds. The van der Waals surface area contributed by atoms with Crippen LogP contribution in [0.4, 0.5) is 5.69 Å². The molecule has 1 aliphatic heterocycles. The van der Waals surface area contributed by atoms with Crippen LogP contribution < -0.4 is 9.64 Å². The highest BCUT2D eigenvalue weighted by Gasteiger charge is 2.47. The topological polar surface area (TPSA) is 66.8 Å². The molecule has 1 fully saturated rings. The molecule has 0 spiro atoms. The Hall–Kier alpha value is -3.57. The van der Waals surface area contributed by atoms with Crippen LogP contribution in [-0.2, 0) is 15.0 Å². The van der Waals surface area contributed by atoms with Crippen LogP contribution in [0.15, 0.2) is 60.2 Å². The van der Waals surface area contributed by atoms with E-state index < -0.39 is 17.7 Å². The third kappa shape index (κ3) is 5.08. The maximum atomic E-state index is 13.7. The summed E-state index contributed by atoms with van der Waals surface area (Å²) in [4.78, 5) is 28.8. The summed E-state index contributed by atoms with van der Waals surface area (Å²) in [6.07, 6.45) is 0. The van der Waals surface area contributed by atoms with Crippen molar-refractivity contribution in [3.8, 4) is 5.75 Å². The number of anilines is 1. The van der Waals surface area contributed by atoms with E-state index in [9.17, 15) is 14.7 Å². The van der Waals surface area contributed by atoms with Crippen LogP contribution in [0.2, 0.25) is 5.02 Å². The molecule has 4 rings (SSSR count). The summed E-state index contributed by atoms with van der Waals surface area (Å²) in [7, 11) is 1.61. The van der Waals surface area contributed by atoms with Crippen LogP contribution in [0.25, 0.3) is 5.76 Å². The third-order valence-electron chi connectivity index (χ3n) is 7.49. The molecule has 1 N–H and O–H groups in total. The fraction of sp³-hybridized carbons (Fsp3) is 0.333. The number of Topliss-reactive ketones (excluding diaryl/α,β-unsaturated/α-hetero) is 1. The molecule has 1 heterocycles. The van der Waals surface area contributed by atoms with E-state index in [2.05, 4.69) is 20.8 Å². The largest absolute Gasteiger partial charge is 0.507 e. The lowest BCUT2D eigenvalue weighted by Crippen LogP contribution is -2.30. The molecule has 39 heavy (non-hydrogen) atoms. The first kappa shape index (κ1) is 28.4. The highest BCUT2D eigenvalue weighted by atomic mass is 35.5. The van der Waals surface area contributed by atoms with Gasteiger partial charge in [-0.05, 0) is 77.3 Å². The summed E-state index contributed by atoms with van der Waals surface area (Å²) in [6, 6.07) is 16.0. The molecule has 5 nitrogen and oxygen atoms in total. The lowest BCUT2D eigenvalue weighted by molar-refractivity contribution is -0.132. The Kier molecular flexibility index (Phi) is 7.68. The SMILES string of the molecule is COc1cc(C)c(/C(O)=C2\C(=O)C(=O)N(c3cccc(Cl)c3C)C2c2ccc(C(C)(C)C)cc2)cc1C(C)C. The van der Waals surface area contributed by atoms with Crippen molar-refractivity contribution in [2.75, 3.05) is 12.0 Å². The van der Waals surface area contributed by atoms with E-state index in [0.717, 1.165) is 22.3 Å². The zero-order valence-corrected chi connectivity index (χ0v) is 24.6. The number of carbonyl (C=O) groups excluding carboxylic acids is 2. The fourth-order valence-corrected chi connectivity index (χ4v) is 5.31. The van der Waals surface area contributed by atoms with Crippen LogP contribution in [0, 0.1) is 13.8 Å². The summed E-state index contributed by atoms with van der Waals surface area (Å²) >= 11 is 6.44. The lowest BCUT2D eigenvalue weighted by Gasteiger charge is -2.28. The Morgan fingerprint density at radius 2 is 1.67 bits per heavy atom. The van der Waals surface area contributed by atoms with Gasteiger partial charge in [0, 0.05) is 16.3 Å². The number of aliphatic hydroxyl groups excluding tert-OH is 1. The van der Waals surface area contributed by atoms with Crippen LogP contribution in [-0.4, -0.2) is 23.9 Å². The van der Waals surface area contributed by atoms with E-state index in [1.165, 1.54) is 4.90 Å². The first-order chi connectivity index (χ1) is 18.3. The highest BCUT2D eigenvalue weighted by Crippen LogP contribution is 2.45. The maximum Gasteiger partial charge on any atom is 0.300 e. The molecule has 0 saturated carbocycles. The molecule has 0 bridgehead atoms. The third-order valence-corrected chi connectivity index (χ3v) is 7.90. The first-order valence-electron chi connectivity index (χ1n) is 13.1. The standard InChI is InChI=1S/C33H36ClNO4/c1-18(2)23-17-24(19(3)16-27(23)39-8)30(36)28-29(21-12-14-22(15-13-21)33(5,6)7)35(32(38)31(28)37)26-11-9-10-25(34)20(26)4/h9-18,29,36H,1-8H3/b30-28+. The van der Waals surface area contributed by atoms with Gasteiger partial charge in [-0.3, -0.25) is 14.5 Å². The van der Waals surface area contributed by atoms with Crippen LogP contribution >= 0.6 is 11.6 Å². The number of benzene rings is 3. The Balaban J connectivity index is 2.01. The van der Waals surface area contributed by atoms with Crippen LogP contribution in [0.1, 0.15) is 80.0 Å². The number of aryl methyl sites for hydroxylation is 1. The van der Waals surface area contributed by atoms with Crippen molar-refractivity contribution in [1.82, 2.24) is 0 Å². The number of ketones is 1. The van der Waals surface area contributed by atoms with E-state index in [-0.39, 0.29) is 22.7 Å². The van der Waals surface area contributed by atoms with E-state index >= 15 is 0 Å². The smallest absolute Gasteiger partial charge is 0.300 e. The Labute approximate surface area is 236 Å². The number of rotatable bonds is 5. The molecule has 1 unspecified atom stereocenters. The summed E-state index contributed by atoms with van der Waals surface area (Å²) in [5, 5.41) is 12.3. The zero-order chi connectivity index (χ0) is 28.8. The highest BCUT2D eigenvalue weighted by molar-refractivity contribution is 6.52. The van der Waals surface area contributed by atoms with Crippen molar-refractivity contribution in [3.63, 3.8) is 0 Å². The van der Waals surface area contributed by atoms with Gasteiger partial charge in [0.05, 0.1) is 18.7 Å². The van der Waals surface area contributed by atoms with Crippen molar-refractivity contribution < 1.29 is 19.4 Å². The number of amides is 1. The van der Waals surface area contributed by atoms with E-state index in [4.69, 9.17) is 16.3 Å². The molecule has 0 aromatic heterocycles. The van der Waals surface area contributed by atoms with Crippen molar-refractivity contribution in [1.29, 1.82) is 0 Å².